The van der Waals surface area contributed by atoms with Crippen LogP contribution in [-0.4, -0.2) is 42.0 Å². The quantitative estimate of drug-likeness (QED) is 0.602. The third-order valence-corrected chi connectivity index (χ3v) is 6.85. The van der Waals surface area contributed by atoms with E-state index in [4.69, 9.17) is 4.52 Å². The molecule has 0 unspecified atom stereocenters. The van der Waals surface area contributed by atoms with E-state index in [-0.39, 0.29) is 11.8 Å². The Morgan fingerprint density at radius 3 is 2.74 bits per heavy atom. The molecule has 0 spiro atoms. The maximum absolute atomic E-state index is 13.0. The van der Waals surface area contributed by atoms with E-state index in [1.54, 1.807) is 29.4 Å². The molecule has 1 atom stereocenters. The molecule has 0 aliphatic carbocycles. The maximum atomic E-state index is 13.0. The molecular formula is C24H27N3O3S. The molecule has 1 aliphatic rings. The number of hydrogen-bond acceptors (Lipinski definition) is 5. The Morgan fingerprint density at radius 2 is 2.06 bits per heavy atom. The third kappa shape index (κ3) is 4.42. The highest BCUT2D eigenvalue weighted by Crippen LogP contribution is 2.36. The van der Waals surface area contributed by atoms with Crippen LogP contribution in [0.15, 0.2) is 52.4 Å². The summed E-state index contributed by atoms with van der Waals surface area (Å²) in [7, 11) is 1.66. The van der Waals surface area contributed by atoms with Crippen molar-refractivity contribution in [2.45, 2.75) is 32.6 Å². The summed E-state index contributed by atoms with van der Waals surface area (Å²) in [6.07, 6.45) is 2.88. The molecule has 1 aliphatic heterocycles. The molecule has 1 aromatic carbocycles. The second-order valence-electron chi connectivity index (χ2n) is 8.12. The molecule has 31 heavy (non-hydrogen) atoms. The molecule has 2 amide bonds. The Kier molecular flexibility index (Phi) is 6.23. The number of hydrogen-bond donors (Lipinski definition) is 1. The molecule has 0 radical (unpaired) electrons. The van der Waals surface area contributed by atoms with Gasteiger partial charge in [-0.15, -0.1) is 11.3 Å². The molecule has 0 saturated carbocycles. The van der Waals surface area contributed by atoms with Crippen molar-refractivity contribution in [3.8, 4) is 10.4 Å². The maximum Gasteiger partial charge on any atom is 0.276 e. The van der Waals surface area contributed by atoms with Gasteiger partial charge >= 0.3 is 0 Å². The van der Waals surface area contributed by atoms with Crippen LogP contribution >= 0.6 is 11.3 Å². The van der Waals surface area contributed by atoms with Crippen molar-refractivity contribution < 1.29 is 14.1 Å². The van der Waals surface area contributed by atoms with Crippen LogP contribution in [0.25, 0.3) is 10.4 Å². The number of aromatic nitrogens is 1. The average molecular weight is 438 g/mol. The Morgan fingerprint density at radius 1 is 1.26 bits per heavy atom. The second kappa shape index (κ2) is 9.06. The predicted octanol–water partition coefficient (Wildman–Crippen LogP) is 4.18. The molecule has 162 valence electrons. The molecule has 1 N–H and O–H groups in total. The Bertz CT molecular complexity index is 1040. The zero-order valence-electron chi connectivity index (χ0n) is 17.9. The standard InChI is InChI=1S/C24H27N3O3S/c1-3-5-19-14-20(26-30-19)22(28)27-12-11-24(16-27,23(29)25-2)15-17-7-9-18(10-8-17)21-6-4-13-31-21/h4,6-10,13-14H,3,5,11-12,15-16H2,1-2H3,(H,25,29)/t24-/m0/s1. The van der Waals surface area contributed by atoms with Gasteiger partial charge in [0, 0.05) is 37.5 Å². The lowest BCUT2D eigenvalue weighted by Gasteiger charge is -2.27. The fraction of sp³-hybridized carbons (Fsp3) is 0.375. The number of likely N-dealkylation sites (tertiary alicyclic amines) is 1. The smallest absolute Gasteiger partial charge is 0.276 e. The molecular weight excluding hydrogens is 410 g/mol. The molecule has 1 fully saturated rings. The van der Waals surface area contributed by atoms with Crippen LogP contribution in [0.1, 0.15) is 41.6 Å². The van der Waals surface area contributed by atoms with Gasteiger partial charge in [-0.05, 0) is 41.8 Å². The number of rotatable bonds is 7. The molecule has 1 saturated heterocycles. The van der Waals surface area contributed by atoms with Crippen LogP contribution in [0, 0.1) is 5.41 Å². The highest BCUT2D eigenvalue weighted by atomic mass is 32.1. The van der Waals surface area contributed by atoms with Crippen molar-refractivity contribution in [1.29, 1.82) is 0 Å². The highest BCUT2D eigenvalue weighted by Gasteiger charge is 2.46. The number of nitrogens with zero attached hydrogens (tertiary/aromatic N) is 2. The summed E-state index contributed by atoms with van der Waals surface area (Å²) < 4.78 is 5.27. The first-order valence-electron chi connectivity index (χ1n) is 10.6. The van der Waals surface area contributed by atoms with Crippen molar-refractivity contribution in [1.82, 2.24) is 15.4 Å². The normalized spacial score (nSPS) is 18.3. The number of carbonyl (C=O) groups is 2. The largest absolute Gasteiger partial charge is 0.361 e. The minimum atomic E-state index is -0.648. The van der Waals surface area contributed by atoms with Gasteiger partial charge in [0.1, 0.15) is 5.76 Å². The predicted molar refractivity (Wildman–Crippen MR) is 121 cm³/mol. The van der Waals surface area contributed by atoms with Gasteiger partial charge in [-0.1, -0.05) is 42.4 Å². The van der Waals surface area contributed by atoms with Gasteiger partial charge in [-0.25, -0.2) is 0 Å². The van der Waals surface area contributed by atoms with Gasteiger partial charge in [-0.2, -0.15) is 0 Å². The van der Waals surface area contributed by atoms with Crippen molar-refractivity contribution in [2.24, 2.45) is 5.41 Å². The molecule has 7 heteroatoms. The van der Waals surface area contributed by atoms with Crippen molar-refractivity contribution >= 4 is 23.2 Å². The number of amides is 2. The summed E-state index contributed by atoms with van der Waals surface area (Å²) in [5, 5.41) is 8.82. The van der Waals surface area contributed by atoms with Crippen molar-refractivity contribution in [3.05, 3.63) is 64.9 Å². The van der Waals surface area contributed by atoms with E-state index in [0.717, 1.165) is 18.4 Å². The number of benzene rings is 1. The molecule has 6 nitrogen and oxygen atoms in total. The lowest BCUT2D eigenvalue weighted by Crippen LogP contribution is -2.44. The summed E-state index contributed by atoms with van der Waals surface area (Å²) in [5.74, 6) is 0.510. The highest BCUT2D eigenvalue weighted by molar-refractivity contribution is 7.13. The molecule has 4 rings (SSSR count). The van der Waals surface area contributed by atoms with Crippen LogP contribution in [0.5, 0.6) is 0 Å². The fourth-order valence-corrected chi connectivity index (χ4v) is 5.01. The minimum absolute atomic E-state index is 0.0306. The first kappa shape index (κ1) is 21.3. The monoisotopic (exact) mass is 437 g/mol. The van der Waals surface area contributed by atoms with E-state index in [9.17, 15) is 9.59 Å². The molecule has 3 heterocycles. The van der Waals surface area contributed by atoms with Gasteiger partial charge in [0.25, 0.3) is 5.91 Å². The van der Waals surface area contributed by atoms with Gasteiger partial charge in [-0.3, -0.25) is 9.59 Å². The number of carbonyl (C=O) groups excluding carboxylic acids is 2. The van der Waals surface area contributed by atoms with E-state index < -0.39 is 5.41 Å². The SMILES string of the molecule is CCCc1cc(C(=O)N2CC[C@@](Cc3ccc(-c4cccs4)cc3)(C(=O)NC)C2)no1. The van der Waals surface area contributed by atoms with Gasteiger partial charge in [0.15, 0.2) is 5.69 Å². The first-order chi connectivity index (χ1) is 15.0. The number of aryl methyl sites for hydroxylation is 1. The fourth-order valence-electron chi connectivity index (χ4n) is 4.28. The lowest BCUT2D eigenvalue weighted by molar-refractivity contribution is -0.129. The molecule has 2 aromatic heterocycles. The van der Waals surface area contributed by atoms with Crippen LogP contribution in [-0.2, 0) is 17.6 Å². The number of thiophene rings is 1. The third-order valence-electron chi connectivity index (χ3n) is 5.93. The van der Waals surface area contributed by atoms with E-state index in [1.165, 1.54) is 10.4 Å². The van der Waals surface area contributed by atoms with Gasteiger partial charge in [0.05, 0.1) is 5.41 Å². The van der Waals surface area contributed by atoms with E-state index in [2.05, 4.69) is 53.1 Å². The minimum Gasteiger partial charge on any atom is -0.361 e. The Hall–Kier alpha value is -2.93. The summed E-state index contributed by atoms with van der Waals surface area (Å²) in [6.45, 7) is 2.94. The van der Waals surface area contributed by atoms with Crippen LogP contribution in [0.3, 0.4) is 0 Å². The van der Waals surface area contributed by atoms with Crippen LogP contribution in [0.2, 0.25) is 0 Å². The summed E-state index contributed by atoms with van der Waals surface area (Å²) >= 11 is 1.71. The zero-order chi connectivity index (χ0) is 21.8. The Balaban J connectivity index is 1.50. The van der Waals surface area contributed by atoms with E-state index in [0.29, 0.717) is 37.4 Å². The summed E-state index contributed by atoms with van der Waals surface area (Å²) in [4.78, 5) is 28.8. The summed E-state index contributed by atoms with van der Waals surface area (Å²) in [6, 6.07) is 14.2. The summed E-state index contributed by atoms with van der Waals surface area (Å²) in [5.41, 5.74) is 1.93. The van der Waals surface area contributed by atoms with Crippen molar-refractivity contribution in [3.63, 3.8) is 0 Å². The number of nitrogens with one attached hydrogen (secondary N) is 1. The average Bonchev–Trinajstić information content (AvgIpc) is 3.55. The van der Waals surface area contributed by atoms with E-state index in [1.807, 2.05) is 6.07 Å². The van der Waals surface area contributed by atoms with Gasteiger partial charge in [0.2, 0.25) is 5.91 Å². The second-order valence-corrected chi connectivity index (χ2v) is 9.06. The lowest BCUT2D eigenvalue weighted by atomic mass is 9.79. The van der Waals surface area contributed by atoms with Crippen LogP contribution < -0.4 is 5.32 Å². The first-order valence-corrected chi connectivity index (χ1v) is 11.5. The van der Waals surface area contributed by atoms with Crippen molar-refractivity contribution in [2.75, 3.05) is 20.1 Å². The Labute approximate surface area is 186 Å². The topological polar surface area (TPSA) is 75.4 Å². The molecule has 0 bridgehead atoms. The van der Waals surface area contributed by atoms with Crippen LogP contribution in [0.4, 0.5) is 0 Å². The zero-order valence-corrected chi connectivity index (χ0v) is 18.7. The molecule has 3 aromatic rings. The van der Waals surface area contributed by atoms with Gasteiger partial charge < -0.3 is 14.7 Å². The van der Waals surface area contributed by atoms with E-state index >= 15 is 0 Å².